The molecule has 92 valence electrons. The molecule has 0 aliphatic carbocycles. The van der Waals surface area contributed by atoms with Gasteiger partial charge in [0.15, 0.2) is 0 Å². The molecule has 0 saturated heterocycles. The van der Waals surface area contributed by atoms with Gasteiger partial charge in [0.25, 0.3) is 0 Å². The average molecular weight is 234 g/mol. The lowest BCUT2D eigenvalue weighted by atomic mass is 10.1. The molecule has 0 spiro atoms. The number of aliphatic hydroxyl groups excluding tert-OH is 1. The van der Waals surface area contributed by atoms with Crippen LogP contribution < -0.4 is 0 Å². The van der Waals surface area contributed by atoms with E-state index in [4.69, 9.17) is 4.42 Å². The summed E-state index contributed by atoms with van der Waals surface area (Å²) in [5, 5.41) is 10.1. The Balaban J connectivity index is 2.07. The van der Waals surface area contributed by atoms with Crippen molar-refractivity contribution in [2.45, 2.75) is 39.3 Å². The third-order valence-corrected chi connectivity index (χ3v) is 2.78. The molecule has 2 rings (SSSR count). The molecule has 1 N–H and O–H groups in total. The number of furan rings is 1. The van der Waals surface area contributed by atoms with E-state index in [0.717, 1.165) is 30.1 Å². The molecule has 4 nitrogen and oxygen atoms in total. The number of nitrogens with zero attached hydrogens (tertiary/aromatic N) is 2. The maximum Gasteiger partial charge on any atom is 0.111 e. The van der Waals surface area contributed by atoms with Gasteiger partial charge in [-0.25, -0.2) is 4.98 Å². The highest BCUT2D eigenvalue weighted by atomic mass is 16.3. The molecule has 2 heterocycles. The van der Waals surface area contributed by atoms with Crippen LogP contribution in [-0.2, 0) is 13.0 Å². The van der Waals surface area contributed by atoms with Gasteiger partial charge < -0.3 is 14.1 Å². The number of hydrogen-bond donors (Lipinski definition) is 1. The van der Waals surface area contributed by atoms with Crippen LogP contribution in [0.4, 0.5) is 0 Å². The molecule has 0 saturated carbocycles. The summed E-state index contributed by atoms with van der Waals surface area (Å²) in [6.45, 7) is 4.93. The minimum atomic E-state index is -0.551. The van der Waals surface area contributed by atoms with Crippen LogP contribution in [-0.4, -0.2) is 14.7 Å². The Morgan fingerprint density at radius 1 is 1.53 bits per heavy atom. The Hall–Kier alpha value is -1.55. The van der Waals surface area contributed by atoms with Gasteiger partial charge in [-0.3, -0.25) is 0 Å². The van der Waals surface area contributed by atoms with Crippen molar-refractivity contribution < 1.29 is 9.52 Å². The first-order valence-electron chi connectivity index (χ1n) is 5.93. The molecule has 1 unspecified atom stereocenters. The van der Waals surface area contributed by atoms with Crippen molar-refractivity contribution in [3.63, 3.8) is 0 Å². The van der Waals surface area contributed by atoms with Crippen LogP contribution in [0.25, 0.3) is 0 Å². The fourth-order valence-corrected chi connectivity index (χ4v) is 1.90. The standard InChI is InChI=1S/C13H18N2O2/c1-3-5-15-6-4-14-13(15)8-12(16)11-7-10(2)17-9-11/h4,6-7,9,12,16H,3,5,8H2,1-2H3. The Morgan fingerprint density at radius 2 is 2.35 bits per heavy atom. The summed E-state index contributed by atoms with van der Waals surface area (Å²) in [5.74, 6) is 1.73. The van der Waals surface area contributed by atoms with Gasteiger partial charge in [0.05, 0.1) is 12.4 Å². The summed E-state index contributed by atoms with van der Waals surface area (Å²) >= 11 is 0. The molecule has 0 bridgehead atoms. The van der Waals surface area contributed by atoms with E-state index in [1.807, 2.05) is 19.2 Å². The lowest BCUT2D eigenvalue weighted by Crippen LogP contribution is -2.08. The van der Waals surface area contributed by atoms with Crippen molar-refractivity contribution in [1.82, 2.24) is 9.55 Å². The molecule has 0 fully saturated rings. The van der Waals surface area contributed by atoms with E-state index >= 15 is 0 Å². The SMILES string of the molecule is CCCn1ccnc1CC(O)c1coc(C)c1. The predicted octanol–water partition coefficient (Wildman–Crippen LogP) is 2.47. The van der Waals surface area contributed by atoms with E-state index in [0.29, 0.717) is 6.42 Å². The molecular formula is C13H18N2O2. The number of aryl methyl sites for hydroxylation is 2. The smallest absolute Gasteiger partial charge is 0.111 e. The summed E-state index contributed by atoms with van der Waals surface area (Å²) < 4.78 is 7.27. The number of aromatic nitrogens is 2. The van der Waals surface area contributed by atoms with Crippen molar-refractivity contribution in [1.29, 1.82) is 0 Å². The van der Waals surface area contributed by atoms with E-state index in [9.17, 15) is 5.11 Å². The zero-order chi connectivity index (χ0) is 12.3. The van der Waals surface area contributed by atoms with Crippen LogP contribution in [0.5, 0.6) is 0 Å². The van der Waals surface area contributed by atoms with Crippen LogP contribution in [0, 0.1) is 6.92 Å². The zero-order valence-corrected chi connectivity index (χ0v) is 10.3. The molecular weight excluding hydrogens is 216 g/mol. The van der Waals surface area contributed by atoms with Crippen LogP contribution >= 0.6 is 0 Å². The maximum atomic E-state index is 10.1. The van der Waals surface area contributed by atoms with E-state index in [2.05, 4.69) is 16.5 Å². The predicted molar refractivity (Wildman–Crippen MR) is 64.6 cm³/mol. The number of rotatable bonds is 5. The van der Waals surface area contributed by atoms with Gasteiger partial charge in [-0.15, -0.1) is 0 Å². The van der Waals surface area contributed by atoms with Crippen LogP contribution in [0.3, 0.4) is 0 Å². The largest absolute Gasteiger partial charge is 0.469 e. The Bertz CT molecular complexity index is 473. The quantitative estimate of drug-likeness (QED) is 0.864. The summed E-state index contributed by atoms with van der Waals surface area (Å²) in [5.41, 5.74) is 0.813. The molecule has 0 aliphatic heterocycles. The molecule has 1 atom stereocenters. The Kier molecular flexibility index (Phi) is 3.64. The lowest BCUT2D eigenvalue weighted by molar-refractivity contribution is 0.173. The summed E-state index contributed by atoms with van der Waals surface area (Å²) in [6, 6.07) is 1.86. The summed E-state index contributed by atoms with van der Waals surface area (Å²) in [6.07, 6.45) is 6.36. The van der Waals surface area contributed by atoms with Gasteiger partial charge in [-0.05, 0) is 19.4 Å². The molecule has 0 aliphatic rings. The lowest BCUT2D eigenvalue weighted by Gasteiger charge is -2.10. The first kappa shape index (κ1) is 11.9. The molecule has 0 radical (unpaired) electrons. The van der Waals surface area contributed by atoms with Crippen LogP contribution in [0.15, 0.2) is 29.1 Å². The van der Waals surface area contributed by atoms with Gasteiger partial charge in [-0.2, -0.15) is 0 Å². The maximum absolute atomic E-state index is 10.1. The fourth-order valence-electron chi connectivity index (χ4n) is 1.90. The van der Waals surface area contributed by atoms with E-state index in [-0.39, 0.29) is 0 Å². The van der Waals surface area contributed by atoms with E-state index < -0.39 is 6.10 Å². The highest BCUT2D eigenvalue weighted by Gasteiger charge is 2.14. The molecule has 0 amide bonds. The van der Waals surface area contributed by atoms with Crippen molar-refractivity contribution >= 4 is 0 Å². The fraction of sp³-hybridized carbons (Fsp3) is 0.462. The molecule has 2 aromatic rings. The van der Waals surface area contributed by atoms with E-state index in [1.165, 1.54) is 0 Å². The Morgan fingerprint density at radius 3 is 3.00 bits per heavy atom. The third kappa shape index (κ3) is 2.77. The van der Waals surface area contributed by atoms with Gasteiger partial charge >= 0.3 is 0 Å². The van der Waals surface area contributed by atoms with Gasteiger partial charge in [0.2, 0.25) is 0 Å². The van der Waals surface area contributed by atoms with Crippen LogP contribution in [0.2, 0.25) is 0 Å². The van der Waals surface area contributed by atoms with Crippen molar-refractivity contribution in [3.05, 3.63) is 41.9 Å². The van der Waals surface area contributed by atoms with Crippen molar-refractivity contribution in [2.75, 3.05) is 0 Å². The van der Waals surface area contributed by atoms with Gasteiger partial charge in [0, 0.05) is 30.9 Å². The van der Waals surface area contributed by atoms with Crippen molar-refractivity contribution in [3.8, 4) is 0 Å². The molecule has 4 heteroatoms. The number of imidazole rings is 1. The van der Waals surface area contributed by atoms with Gasteiger partial charge in [-0.1, -0.05) is 6.92 Å². The first-order valence-corrected chi connectivity index (χ1v) is 5.93. The minimum Gasteiger partial charge on any atom is -0.469 e. The zero-order valence-electron chi connectivity index (χ0n) is 10.3. The van der Waals surface area contributed by atoms with E-state index in [1.54, 1.807) is 12.5 Å². The second-order valence-corrected chi connectivity index (χ2v) is 4.25. The highest BCUT2D eigenvalue weighted by molar-refractivity contribution is 5.16. The van der Waals surface area contributed by atoms with Gasteiger partial charge in [0.1, 0.15) is 11.6 Å². The molecule has 17 heavy (non-hydrogen) atoms. The molecule has 0 aromatic carbocycles. The number of aliphatic hydroxyl groups is 1. The minimum absolute atomic E-state index is 0.520. The summed E-state index contributed by atoms with van der Waals surface area (Å²) in [4.78, 5) is 4.28. The second-order valence-electron chi connectivity index (χ2n) is 4.25. The summed E-state index contributed by atoms with van der Waals surface area (Å²) in [7, 11) is 0. The van der Waals surface area contributed by atoms with Crippen molar-refractivity contribution in [2.24, 2.45) is 0 Å². The monoisotopic (exact) mass is 234 g/mol. The average Bonchev–Trinajstić information content (AvgIpc) is 2.89. The number of hydrogen-bond acceptors (Lipinski definition) is 3. The molecule has 2 aromatic heterocycles. The van der Waals surface area contributed by atoms with Crippen LogP contribution in [0.1, 0.15) is 36.6 Å². The highest BCUT2D eigenvalue weighted by Crippen LogP contribution is 2.19. The third-order valence-electron chi connectivity index (χ3n) is 2.78. The normalized spacial score (nSPS) is 12.9. The first-order chi connectivity index (χ1) is 8.20. The Labute approximate surface area is 101 Å². The topological polar surface area (TPSA) is 51.2 Å². The second kappa shape index (κ2) is 5.19.